The molecule has 0 bridgehead atoms. The van der Waals surface area contributed by atoms with Crippen LogP contribution in [0, 0.1) is 0 Å². The first-order valence-corrected chi connectivity index (χ1v) is 12.9. The summed E-state index contributed by atoms with van der Waals surface area (Å²) in [6, 6.07) is 16.3. The van der Waals surface area contributed by atoms with Gasteiger partial charge in [0.2, 0.25) is 0 Å². The molecular formula is C28H27N3O6S. The van der Waals surface area contributed by atoms with Crippen molar-refractivity contribution in [3.63, 3.8) is 0 Å². The Bertz CT molecular complexity index is 1660. The molecule has 9 nitrogen and oxygen atoms in total. The van der Waals surface area contributed by atoms with Crippen molar-refractivity contribution in [3.05, 3.63) is 97.0 Å². The minimum atomic E-state index is -0.584. The molecule has 2 aromatic carbocycles. The Kier molecular flexibility index (Phi) is 6.66. The molecule has 0 radical (unpaired) electrons. The lowest BCUT2D eigenvalue weighted by Gasteiger charge is -2.14. The molecule has 0 atom stereocenters. The molecule has 5 rings (SSSR count). The summed E-state index contributed by atoms with van der Waals surface area (Å²) >= 11 is 1.10. The monoisotopic (exact) mass is 533 g/mol. The lowest BCUT2D eigenvalue weighted by atomic mass is 9.95. The van der Waals surface area contributed by atoms with Gasteiger partial charge in [-0.15, -0.1) is 11.3 Å². The van der Waals surface area contributed by atoms with Crippen molar-refractivity contribution < 1.29 is 19.1 Å². The van der Waals surface area contributed by atoms with Crippen LogP contribution < -0.4 is 21.3 Å². The topological polar surface area (TPSA) is 109 Å². The molecular weight excluding hydrogens is 506 g/mol. The molecule has 1 aliphatic rings. The first kappa shape index (κ1) is 25.5. The Morgan fingerprint density at radius 3 is 2.42 bits per heavy atom. The van der Waals surface area contributed by atoms with Crippen molar-refractivity contribution in [2.75, 3.05) is 14.2 Å². The summed E-state index contributed by atoms with van der Waals surface area (Å²) in [6.45, 7) is 0.362. The van der Waals surface area contributed by atoms with Crippen LogP contribution in [0.25, 0.3) is 10.2 Å². The number of nitrogens with one attached hydrogen (secondary N) is 1. The van der Waals surface area contributed by atoms with E-state index >= 15 is 0 Å². The van der Waals surface area contributed by atoms with Gasteiger partial charge in [0, 0.05) is 13.6 Å². The lowest BCUT2D eigenvalue weighted by molar-refractivity contribution is -0.143. The quantitative estimate of drug-likeness (QED) is 0.349. The Balaban J connectivity index is 1.38. The molecule has 0 aliphatic heterocycles. The fourth-order valence-corrected chi connectivity index (χ4v) is 5.65. The van der Waals surface area contributed by atoms with Crippen LogP contribution in [0.4, 0.5) is 0 Å². The maximum Gasteiger partial charge on any atom is 0.332 e. The Hall–Kier alpha value is -4.18. The van der Waals surface area contributed by atoms with Crippen molar-refractivity contribution >= 4 is 33.4 Å². The van der Waals surface area contributed by atoms with Gasteiger partial charge in [0.25, 0.3) is 11.5 Å². The van der Waals surface area contributed by atoms with E-state index in [9.17, 15) is 19.2 Å². The number of thiophene rings is 1. The number of nitrogens with zero attached hydrogens (tertiary/aromatic N) is 2. The molecule has 38 heavy (non-hydrogen) atoms. The van der Waals surface area contributed by atoms with E-state index in [2.05, 4.69) is 5.32 Å². The first-order valence-electron chi connectivity index (χ1n) is 12.1. The van der Waals surface area contributed by atoms with E-state index in [1.165, 1.54) is 17.7 Å². The number of benzene rings is 2. The van der Waals surface area contributed by atoms with Crippen LogP contribution in [0.3, 0.4) is 0 Å². The maximum absolute atomic E-state index is 13.3. The van der Waals surface area contributed by atoms with E-state index in [1.54, 1.807) is 14.2 Å². The number of fused-ring (bicyclic) bond motifs is 1. The summed E-state index contributed by atoms with van der Waals surface area (Å²) in [4.78, 5) is 52.2. The summed E-state index contributed by atoms with van der Waals surface area (Å²) < 4.78 is 12.7. The molecule has 1 amide bonds. The summed E-state index contributed by atoms with van der Waals surface area (Å²) in [5.74, 6) is 0.114. The highest BCUT2D eigenvalue weighted by molar-refractivity contribution is 7.20. The summed E-state index contributed by atoms with van der Waals surface area (Å²) in [5.41, 5.74) is 0.984. The van der Waals surface area contributed by atoms with Crippen LogP contribution in [0.2, 0.25) is 0 Å². The van der Waals surface area contributed by atoms with Crippen molar-refractivity contribution in [1.29, 1.82) is 0 Å². The molecule has 1 saturated carbocycles. The number of hydrogen-bond acceptors (Lipinski definition) is 7. The van der Waals surface area contributed by atoms with Crippen LogP contribution in [0.15, 0.2) is 64.2 Å². The predicted molar refractivity (Wildman–Crippen MR) is 144 cm³/mol. The first-order chi connectivity index (χ1) is 18.3. The molecule has 1 fully saturated rings. The minimum Gasteiger partial charge on any atom is -0.497 e. The smallest absolute Gasteiger partial charge is 0.332 e. The molecule has 2 aromatic heterocycles. The zero-order valence-corrected chi connectivity index (χ0v) is 22.1. The van der Waals surface area contributed by atoms with Gasteiger partial charge in [0.15, 0.2) is 0 Å². The van der Waals surface area contributed by atoms with E-state index in [0.717, 1.165) is 45.4 Å². The van der Waals surface area contributed by atoms with Gasteiger partial charge in [0.1, 0.15) is 10.6 Å². The number of rotatable bonds is 8. The standard InChI is InChI=1S/C28H27N3O6S/c1-30-25-21(14-22(38-25)23(32)29-15-18-5-4-6-20(13-18)36-2)24(33)31(27(30)35)16-17-7-9-19(10-8-17)28(11-12-28)26(34)37-3/h4-10,13-14H,11-12,15-16H2,1-3H3,(H,29,32). The Labute approximate surface area is 222 Å². The second kappa shape index (κ2) is 9.94. The average molecular weight is 534 g/mol. The number of hydrogen-bond donors (Lipinski definition) is 1. The van der Waals surface area contributed by atoms with Crippen LogP contribution >= 0.6 is 11.3 Å². The van der Waals surface area contributed by atoms with Crippen LogP contribution in [-0.4, -0.2) is 35.2 Å². The van der Waals surface area contributed by atoms with Gasteiger partial charge in [-0.2, -0.15) is 0 Å². The number of aromatic nitrogens is 2. The average Bonchev–Trinajstić information content (AvgIpc) is 3.63. The molecule has 2 heterocycles. The van der Waals surface area contributed by atoms with E-state index in [1.807, 2.05) is 48.5 Å². The summed E-state index contributed by atoms with van der Waals surface area (Å²) in [6.07, 6.45) is 1.48. The van der Waals surface area contributed by atoms with Gasteiger partial charge in [0.05, 0.1) is 36.4 Å². The zero-order chi connectivity index (χ0) is 27.0. The molecule has 0 spiro atoms. The molecule has 10 heteroatoms. The van der Waals surface area contributed by atoms with Gasteiger partial charge in [-0.25, -0.2) is 4.79 Å². The van der Waals surface area contributed by atoms with Crippen molar-refractivity contribution in [1.82, 2.24) is 14.5 Å². The third kappa shape index (κ3) is 4.51. The highest BCUT2D eigenvalue weighted by atomic mass is 32.1. The van der Waals surface area contributed by atoms with Gasteiger partial charge in [-0.3, -0.25) is 23.5 Å². The molecule has 1 aliphatic carbocycles. The van der Waals surface area contributed by atoms with Gasteiger partial charge in [-0.1, -0.05) is 36.4 Å². The number of ether oxygens (including phenoxy) is 2. The highest BCUT2D eigenvalue weighted by Crippen LogP contribution is 2.49. The van der Waals surface area contributed by atoms with Gasteiger partial charge >= 0.3 is 11.7 Å². The second-order valence-corrected chi connectivity index (χ2v) is 10.4. The van der Waals surface area contributed by atoms with E-state index in [-0.39, 0.29) is 18.4 Å². The van der Waals surface area contributed by atoms with Crippen LogP contribution in [0.5, 0.6) is 5.75 Å². The summed E-state index contributed by atoms with van der Waals surface area (Å²) in [5, 5.41) is 3.17. The van der Waals surface area contributed by atoms with E-state index in [0.29, 0.717) is 27.4 Å². The number of aryl methyl sites for hydroxylation is 1. The number of amides is 1. The van der Waals surface area contributed by atoms with Crippen molar-refractivity contribution in [2.24, 2.45) is 7.05 Å². The van der Waals surface area contributed by atoms with Gasteiger partial charge < -0.3 is 14.8 Å². The molecule has 0 unspecified atom stereocenters. The van der Waals surface area contributed by atoms with Gasteiger partial charge in [-0.05, 0) is 47.7 Å². The number of esters is 1. The number of carbonyl (C=O) groups is 2. The molecule has 196 valence electrons. The van der Waals surface area contributed by atoms with Crippen molar-refractivity contribution in [2.45, 2.75) is 31.3 Å². The van der Waals surface area contributed by atoms with E-state index in [4.69, 9.17) is 9.47 Å². The minimum absolute atomic E-state index is 0.0696. The zero-order valence-electron chi connectivity index (χ0n) is 21.3. The highest BCUT2D eigenvalue weighted by Gasteiger charge is 2.52. The molecule has 0 saturated heterocycles. The largest absolute Gasteiger partial charge is 0.497 e. The predicted octanol–water partition coefficient (Wildman–Crippen LogP) is 2.95. The lowest BCUT2D eigenvalue weighted by Crippen LogP contribution is -2.38. The second-order valence-electron chi connectivity index (χ2n) is 9.37. The summed E-state index contributed by atoms with van der Waals surface area (Å²) in [7, 11) is 4.55. The third-order valence-corrected chi connectivity index (χ3v) is 8.21. The van der Waals surface area contributed by atoms with Crippen LogP contribution in [0.1, 0.15) is 39.2 Å². The normalized spacial score (nSPS) is 13.8. The fraction of sp³-hybridized carbons (Fsp3) is 0.286. The van der Waals surface area contributed by atoms with E-state index < -0.39 is 16.7 Å². The maximum atomic E-state index is 13.3. The third-order valence-electron chi connectivity index (χ3n) is 6.99. The SMILES string of the molecule is COC(=O)C1(c2ccc(Cn3c(=O)c4cc(C(=O)NCc5cccc(OC)c5)sc4n(C)c3=O)cc2)CC1. The fourth-order valence-electron chi connectivity index (χ4n) is 4.63. The number of carbonyl (C=O) groups excluding carboxylic acids is 2. The Morgan fingerprint density at radius 2 is 1.76 bits per heavy atom. The van der Waals surface area contributed by atoms with Crippen molar-refractivity contribution in [3.8, 4) is 5.75 Å². The van der Waals surface area contributed by atoms with Crippen LogP contribution in [-0.2, 0) is 35.1 Å². The molecule has 4 aromatic rings. The number of methoxy groups -OCH3 is 2. The molecule has 1 N–H and O–H groups in total. The Morgan fingerprint density at radius 1 is 1.03 bits per heavy atom.